The minimum absolute atomic E-state index is 0.191. The predicted molar refractivity (Wildman–Crippen MR) is 122 cm³/mol. The van der Waals surface area contributed by atoms with Gasteiger partial charge in [0.05, 0.1) is 19.3 Å². The fourth-order valence-electron chi connectivity index (χ4n) is 3.66. The number of carbonyl (C=O) groups excluding carboxylic acids is 1. The first-order valence-corrected chi connectivity index (χ1v) is 10.6. The molecule has 4 aromatic rings. The largest absolute Gasteiger partial charge is 0.488 e. The molecule has 0 fully saturated rings. The highest BCUT2D eigenvalue weighted by molar-refractivity contribution is 5.86. The van der Waals surface area contributed by atoms with E-state index in [-0.39, 0.29) is 12.4 Å². The normalized spacial score (nSPS) is 10.9. The molecule has 3 aromatic carbocycles. The van der Waals surface area contributed by atoms with Crippen LogP contribution in [0.2, 0.25) is 0 Å². The molecule has 0 amide bonds. The molecule has 0 unspecified atom stereocenters. The minimum atomic E-state index is -0.257. The van der Waals surface area contributed by atoms with Gasteiger partial charge in [0.2, 0.25) is 0 Å². The summed E-state index contributed by atoms with van der Waals surface area (Å²) in [6.45, 7) is 4.69. The second-order valence-electron chi connectivity index (χ2n) is 7.40. The number of carbonyl (C=O) groups is 1. The van der Waals surface area contributed by atoms with Gasteiger partial charge in [0.25, 0.3) is 0 Å². The Morgan fingerprint density at radius 1 is 0.903 bits per heavy atom. The number of benzene rings is 3. The highest BCUT2D eigenvalue weighted by atomic mass is 16.5. The van der Waals surface area contributed by atoms with Crippen molar-refractivity contribution in [1.29, 1.82) is 0 Å². The topological polar surface area (TPSA) is 48.7 Å². The summed E-state index contributed by atoms with van der Waals surface area (Å²) >= 11 is 0. The third-order valence-electron chi connectivity index (χ3n) is 5.32. The van der Waals surface area contributed by atoms with Crippen LogP contribution in [0, 0.1) is 0 Å². The molecule has 0 saturated carbocycles. The van der Waals surface area contributed by atoms with Crippen molar-refractivity contribution in [3.63, 3.8) is 0 Å². The lowest BCUT2D eigenvalue weighted by molar-refractivity contribution is -0.142. The van der Waals surface area contributed by atoms with Crippen molar-refractivity contribution in [2.45, 2.75) is 33.3 Å². The molecule has 0 spiro atoms. The van der Waals surface area contributed by atoms with E-state index in [4.69, 9.17) is 13.9 Å². The van der Waals surface area contributed by atoms with Gasteiger partial charge in [-0.2, -0.15) is 0 Å². The number of ether oxygens (including phenoxy) is 2. The minimum Gasteiger partial charge on any atom is -0.488 e. The first kappa shape index (κ1) is 20.7. The van der Waals surface area contributed by atoms with E-state index < -0.39 is 0 Å². The molecule has 0 saturated heterocycles. The van der Waals surface area contributed by atoms with Crippen molar-refractivity contribution in [3.8, 4) is 16.9 Å². The molecule has 0 radical (unpaired) electrons. The lowest BCUT2D eigenvalue weighted by Crippen LogP contribution is -2.09. The number of rotatable bonds is 8. The Morgan fingerprint density at radius 2 is 1.74 bits per heavy atom. The van der Waals surface area contributed by atoms with E-state index in [9.17, 15) is 4.79 Å². The summed E-state index contributed by atoms with van der Waals surface area (Å²) in [4.78, 5) is 11.9. The Hall–Kier alpha value is -3.53. The van der Waals surface area contributed by atoms with E-state index in [1.807, 2.05) is 24.3 Å². The molecule has 0 aliphatic heterocycles. The summed E-state index contributed by atoms with van der Waals surface area (Å²) in [6, 6.07) is 22.4. The van der Waals surface area contributed by atoms with E-state index in [2.05, 4.69) is 49.4 Å². The van der Waals surface area contributed by atoms with Crippen LogP contribution in [0.3, 0.4) is 0 Å². The van der Waals surface area contributed by atoms with Gasteiger partial charge in [-0.1, -0.05) is 61.5 Å². The average molecular weight is 415 g/mol. The molecular weight excluding hydrogens is 388 g/mol. The van der Waals surface area contributed by atoms with E-state index in [0.29, 0.717) is 19.0 Å². The van der Waals surface area contributed by atoms with E-state index in [1.165, 1.54) is 11.1 Å². The van der Waals surface area contributed by atoms with E-state index in [0.717, 1.165) is 34.1 Å². The van der Waals surface area contributed by atoms with Crippen molar-refractivity contribution >= 4 is 16.9 Å². The molecule has 0 aliphatic carbocycles. The maximum Gasteiger partial charge on any atom is 0.310 e. The lowest BCUT2D eigenvalue weighted by Gasteiger charge is -2.10. The standard InChI is InChI=1S/C27H26O4/c1-3-19-8-7-10-20(14-19)21-12-13-24-23(18-31-26(24)15-21)17-30-25-11-6-5-9-22(25)16-27(28)29-4-2/h5-15,18H,3-4,16-17H2,1-2H3. The van der Waals surface area contributed by atoms with Gasteiger partial charge in [0.1, 0.15) is 17.9 Å². The van der Waals surface area contributed by atoms with Crippen LogP contribution in [0.4, 0.5) is 0 Å². The Balaban J connectivity index is 1.52. The summed E-state index contributed by atoms with van der Waals surface area (Å²) in [7, 11) is 0. The number of hydrogen-bond donors (Lipinski definition) is 0. The number of aryl methyl sites for hydroxylation is 1. The third-order valence-corrected chi connectivity index (χ3v) is 5.32. The van der Waals surface area contributed by atoms with Gasteiger partial charge in [-0.15, -0.1) is 0 Å². The van der Waals surface area contributed by atoms with Crippen molar-refractivity contribution in [3.05, 3.63) is 89.7 Å². The zero-order chi connectivity index (χ0) is 21.6. The lowest BCUT2D eigenvalue weighted by atomic mass is 10.0. The smallest absolute Gasteiger partial charge is 0.310 e. The van der Waals surface area contributed by atoms with Gasteiger partial charge in [0.15, 0.2) is 0 Å². The quantitative estimate of drug-likeness (QED) is 0.315. The molecule has 4 rings (SSSR count). The molecule has 0 atom stereocenters. The zero-order valence-electron chi connectivity index (χ0n) is 17.9. The van der Waals surface area contributed by atoms with E-state index >= 15 is 0 Å². The monoisotopic (exact) mass is 414 g/mol. The second-order valence-corrected chi connectivity index (χ2v) is 7.40. The molecule has 4 nitrogen and oxygen atoms in total. The van der Waals surface area contributed by atoms with Gasteiger partial charge in [-0.25, -0.2) is 0 Å². The van der Waals surface area contributed by atoms with Crippen molar-refractivity contribution in [2.75, 3.05) is 6.61 Å². The fraction of sp³-hybridized carbons (Fsp3) is 0.222. The summed E-state index contributed by atoms with van der Waals surface area (Å²) in [5.74, 6) is 0.421. The Kier molecular flexibility index (Phi) is 6.37. The van der Waals surface area contributed by atoms with Crippen LogP contribution in [-0.2, 0) is 29.0 Å². The summed E-state index contributed by atoms with van der Waals surface area (Å²) in [5.41, 5.74) is 6.24. The van der Waals surface area contributed by atoms with Crippen molar-refractivity contribution in [2.24, 2.45) is 0 Å². The van der Waals surface area contributed by atoms with Gasteiger partial charge in [-0.05, 0) is 42.2 Å². The first-order chi connectivity index (χ1) is 15.2. The molecule has 0 bridgehead atoms. The Labute approximate surface area is 182 Å². The molecule has 31 heavy (non-hydrogen) atoms. The first-order valence-electron chi connectivity index (χ1n) is 10.6. The molecular formula is C27H26O4. The van der Waals surface area contributed by atoms with Crippen molar-refractivity contribution in [1.82, 2.24) is 0 Å². The van der Waals surface area contributed by atoms with Gasteiger partial charge in [0, 0.05) is 16.5 Å². The van der Waals surface area contributed by atoms with Crippen LogP contribution in [0.5, 0.6) is 5.75 Å². The maximum absolute atomic E-state index is 11.9. The molecule has 0 N–H and O–H groups in total. The maximum atomic E-state index is 11.9. The van der Waals surface area contributed by atoms with E-state index in [1.54, 1.807) is 13.2 Å². The highest BCUT2D eigenvalue weighted by Gasteiger charge is 2.12. The highest BCUT2D eigenvalue weighted by Crippen LogP contribution is 2.29. The van der Waals surface area contributed by atoms with Crippen LogP contribution < -0.4 is 4.74 Å². The molecule has 1 aromatic heterocycles. The predicted octanol–water partition coefficient (Wildman–Crippen LogP) is 6.35. The number of esters is 1. The molecule has 0 aliphatic rings. The van der Waals surface area contributed by atoms with Crippen LogP contribution >= 0.6 is 0 Å². The summed E-state index contributed by atoms with van der Waals surface area (Å²) < 4.78 is 16.9. The van der Waals surface area contributed by atoms with Crippen molar-refractivity contribution < 1.29 is 18.7 Å². The Bertz CT molecular complexity index is 1190. The second kappa shape index (κ2) is 9.52. The number of hydrogen-bond acceptors (Lipinski definition) is 4. The van der Waals surface area contributed by atoms with Gasteiger partial charge in [-0.3, -0.25) is 4.79 Å². The molecule has 4 heteroatoms. The number of para-hydroxylation sites is 1. The SMILES string of the molecule is CCOC(=O)Cc1ccccc1OCc1coc2cc(-c3cccc(CC)c3)ccc12. The van der Waals surface area contributed by atoms with Crippen LogP contribution in [0.1, 0.15) is 30.5 Å². The zero-order valence-corrected chi connectivity index (χ0v) is 17.9. The average Bonchev–Trinajstić information content (AvgIpc) is 3.21. The van der Waals surface area contributed by atoms with Crippen LogP contribution in [0.25, 0.3) is 22.1 Å². The van der Waals surface area contributed by atoms with Gasteiger partial charge < -0.3 is 13.9 Å². The molecule has 1 heterocycles. The summed E-state index contributed by atoms with van der Waals surface area (Å²) in [5, 5.41) is 1.03. The van der Waals surface area contributed by atoms with Crippen LogP contribution in [-0.4, -0.2) is 12.6 Å². The van der Waals surface area contributed by atoms with Gasteiger partial charge >= 0.3 is 5.97 Å². The van der Waals surface area contributed by atoms with Crippen LogP contribution in [0.15, 0.2) is 77.4 Å². The molecule has 158 valence electrons. The fourth-order valence-corrected chi connectivity index (χ4v) is 3.66. The Morgan fingerprint density at radius 3 is 2.58 bits per heavy atom. The summed E-state index contributed by atoms with van der Waals surface area (Å²) in [6.07, 6.45) is 2.94. The number of fused-ring (bicyclic) bond motifs is 1. The third kappa shape index (κ3) is 4.80. The number of furan rings is 1.